The normalized spacial score (nSPS) is 15.4. The Labute approximate surface area is 156 Å². The van der Waals surface area contributed by atoms with Crippen molar-refractivity contribution in [1.29, 1.82) is 0 Å². The molecular formula is C17H19ClN2O3S2. The van der Waals surface area contributed by atoms with Crippen LogP contribution in [-0.4, -0.2) is 20.4 Å². The second-order valence-electron chi connectivity index (χ2n) is 6.14. The van der Waals surface area contributed by atoms with Crippen LogP contribution in [0.1, 0.15) is 40.9 Å². The predicted octanol–water partition coefficient (Wildman–Crippen LogP) is 4.18. The first-order chi connectivity index (χ1) is 11.9. The van der Waals surface area contributed by atoms with Crippen LogP contribution in [0.15, 0.2) is 34.5 Å². The van der Waals surface area contributed by atoms with Crippen LogP contribution < -0.4 is 10.0 Å². The van der Waals surface area contributed by atoms with Gasteiger partial charge in [-0.25, -0.2) is 13.1 Å². The van der Waals surface area contributed by atoms with Crippen molar-refractivity contribution in [2.45, 2.75) is 43.5 Å². The van der Waals surface area contributed by atoms with Gasteiger partial charge in [0.2, 0.25) is 10.0 Å². The summed E-state index contributed by atoms with van der Waals surface area (Å²) in [6.45, 7) is 1.84. The number of carbonyl (C=O) groups excluding carboxylic acids is 1. The maximum Gasteiger partial charge on any atom is 0.267 e. The first-order valence-corrected chi connectivity index (χ1v) is 10.8. The third kappa shape index (κ3) is 4.23. The summed E-state index contributed by atoms with van der Waals surface area (Å²) in [6.07, 6.45) is 3.88. The van der Waals surface area contributed by atoms with Crippen molar-refractivity contribution in [3.63, 3.8) is 0 Å². The fourth-order valence-corrected chi connectivity index (χ4v) is 5.30. The Morgan fingerprint density at radius 2 is 1.84 bits per heavy atom. The first kappa shape index (κ1) is 18.4. The highest BCUT2D eigenvalue weighted by Crippen LogP contribution is 2.28. The molecule has 1 amide bonds. The number of amides is 1. The van der Waals surface area contributed by atoms with Crippen molar-refractivity contribution in [3.05, 3.63) is 45.1 Å². The van der Waals surface area contributed by atoms with Crippen molar-refractivity contribution >= 4 is 44.6 Å². The Kier molecular flexibility index (Phi) is 5.48. The van der Waals surface area contributed by atoms with Crippen LogP contribution in [0.2, 0.25) is 5.02 Å². The molecule has 134 valence electrons. The summed E-state index contributed by atoms with van der Waals surface area (Å²) >= 11 is 7.38. The molecule has 5 nitrogen and oxygen atoms in total. The molecular weight excluding hydrogens is 380 g/mol. The van der Waals surface area contributed by atoms with Gasteiger partial charge in [0.05, 0.1) is 9.92 Å². The van der Waals surface area contributed by atoms with Gasteiger partial charge in [0, 0.05) is 11.7 Å². The number of nitrogens with one attached hydrogen (secondary N) is 2. The van der Waals surface area contributed by atoms with Crippen LogP contribution in [0.3, 0.4) is 0 Å². The Morgan fingerprint density at radius 3 is 2.40 bits per heavy atom. The third-order valence-electron chi connectivity index (χ3n) is 4.20. The molecule has 1 heterocycles. The second kappa shape index (κ2) is 7.45. The zero-order chi connectivity index (χ0) is 18.0. The molecule has 2 N–H and O–H groups in total. The van der Waals surface area contributed by atoms with Gasteiger partial charge in [-0.3, -0.25) is 4.79 Å². The lowest BCUT2D eigenvalue weighted by molar-refractivity contribution is 0.103. The zero-order valence-electron chi connectivity index (χ0n) is 13.7. The topological polar surface area (TPSA) is 75.3 Å². The molecule has 1 saturated carbocycles. The highest BCUT2D eigenvalue weighted by Gasteiger charge is 2.23. The van der Waals surface area contributed by atoms with E-state index in [1.165, 1.54) is 23.5 Å². The van der Waals surface area contributed by atoms with E-state index in [0.717, 1.165) is 31.2 Å². The SMILES string of the molecule is Cc1csc(C(=O)Nc2ccc(S(=O)(=O)NC3CCCC3)cc2)c1Cl. The molecule has 25 heavy (non-hydrogen) atoms. The van der Waals surface area contributed by atoms with Gasteiger partial charge in [0.25, 0.3) is 5.91 Å². The standard InChI is InChI=1S/C17H19ClN2O3S2/c1-11-10-24-16(15(11)18)17(21)19-12-6-8-14(9-7-12)25(22,23)20-13-4-2-3-5-13/h6-10,13,20H,2-5H2,1H3,(H,19,21). The summed E-state index contributed by atoms with van der Waals surface area (Å²) in [5.41, 5.74) is 1.38. The maximum atomic E-state index is 12.4. The Balaban J connectivity index is 1.69. The number of sulfonamides is 1. The lowest BCUT2D eigenvalue weighted by atomic mass is 10.3. The largest absolute Gasteiger partial charge is 0.321 e. The minimum atomic E-state index is -3.53. The smallest absolute Gasteiger partial charge is 0.267 e. The van der Waals surface area contributed by atoms with Crippen LogP contribution in [0.4, 0.5) is 5.69 Å². The fourth-order valence-electron chi connectivity index (χ4n) is 2.82. The quantitative estimate of drug-likeness (QED) is 0.793. The summed E-state index contributed by atoms with van der Waals surface area (Å²) in [5.74, 6) is -0.303. The Bertz CT molecular complexity index is 870. The lowest BCUT2D eigenvalue weighted by Gasteiger charge is -2.13. The second-order valence-corrected chi connectivity index (χ2v) is 9.11. The molecule has 1 aliphatic rings. The van der Waals surface area contributed by atoms with E-state index in [1.807, 2.05) is 12.3 Å². The van der Waals surface area contributed by atoms with Crippen LogP contribution in [0, 0.1) is 6.92 Å². The number of aryl methyl sites for hydroxylation is 1. The molecule has 0 spiro atoms. The van der Waals surface area contributed by atoms with Gasteiger partial charge in [-0.05, 0) is 55.0 Å². The average molecular weight is 399 g/mol. The van der Waals surface area contributed by atoms with E-state index in [9.17, 15) is 13.2 Å². The molecule has 0 bridgehead atoms. The molecule has 0 unspecified atom stereocenters. The Hall–Kier alpha value is -1.41. The van der Waals surface area contributed by atoms with Gasteiger partial charge < -0.3 is 5.32 Å². The maximum absolute atomic E-state index is 12.4. The van der Waals surface area contributed by atoms with Gasteiger partial charge in [0.1, 0.15) is 4.88 Å². The summed E-state index contributed by atoms with van der Waals surface area (Å²) in [5, 5.41) is 5.00. The number of hydrogen-bond donors (Lipinski definition) is 2. The molecule has 0 saturated heterocycles. The molecule has 1 aromatic heterocycles. The minimum Gasteiger partial charge on any atom is -0.321 e. The van der Waals surface area contributed by atoms with Crippen molar-refractivity contribution in [1.82, 2.24) is 4.72 Å². The van der Waals surface area contributed by atoms with E-state index in [4.69, 9.17) is 11.6 Å². The molecule has 0 atom stereocenters. The number of hydrogen-bond acceptors (Lipinski definition) is 4. The van der Waals surface area contributed by atoms with Gasteiger partial charge in [-0.1, -0.05) is 24.4 Å². The monoisotopic (exact) mass is 398 g/mol. The lowest BCUT2D eigenvalue weighted by Crippen LogP contribution is -2.32. The molecule has 1 aromatic carbocycles. The Morgan fingerprint density at radius 1 is 1.20 bits per heavy atom. The number of anilines is 1. The molecule has 1 fully saturated rings. The summed E-state index contributed by atoms with van der Waals surface area (Å²) in [4.78, 5) is 12.9. The number of carbonyl (C=O) groups is 1. The van der Waals surface area contributed by atoms with E-state index >= 15 is 0 Å². The van der Waals surface area contributed by atoms with Gasteiger partial charge in [-0.2, -0.15) is 0 Å². The van der Waals surface area contributed by atoms with E-state index in [2.05, 4.69) is 10.0 Å². The summed E-state index contributed by atoms with van der Waals surface area (Å²) < 4.78 is 27.5. The van der Waals surface area contributed by atoms with Crippen LogP contribution in [0.25, 0.3) is 0 Å². The average Bonchev–Trinajstić information content (AvgIpc) is 3.18. The van der Waals surface area contributed by atoms with Gasteiger partial charge in [0.15, 0.2) is 0 Å². The van der Waals surface area contributed by atoms with Gasteiger partial charge >= 0.3 is 0 Å². The van der Waals surface area contributed by atoms with Crippen molar-refractivity contribution in [3.8, 4) is 0 Å². The number of benzene rings is 1. The number of halogens is 1. The summed E-state index contributed by atoms with van der Waals surface area (Å²) in [6, 6.07) is 6.17. The minimum absolute atomic E-state index is 0.0218. The predicted molar refractivity (Wildman–Crippen MR) is 101 cm³/mol. The highest BCUT2D eigenvalue weighted by atomic mass is 35.5. The van der Waals surface area contributed by atoms with Crippen LogP contribution in [-0.2, 0) is 10.0 Å². The highest BCUT2D eigenvalue weighted by molar-refractivity contribution is 7.89. The van der Waals surface area contributed by atoms with Crippen molar-refractivity contribution in [2.24, 2.45) is 0 Å². The molecule has 0 aliphatic heterocycles. The van der Waals surface area contributed by atoms with Crippen LogP contribution in [0.5, 0.6) is 0 Å². The van der Waals surface area contributed by atoms with Crippen LogP contribution >= 0.6 is 22.9 Å². The molecule has 3 rings (SSSR count). The molecule has 2 aromatic rings. The van der Waals surface area contributed by atoms with Crippen molar-refractivity contribution < 1.29 is 13.2 Å². The van der Waals surface area contributed by atoms with E-state index < -0.39 is 10.0 Å². The van der Waals surface area contributed by atoms with Crippen molar-refractivity contribution in [2.75, 3.05) is 5.32 Å². The first-order valence-electron chi connectivity index (χ1n) is 8.04. The third-order valence-corrected chi connectivity index (χ3v) is 7.44. The molecule has 8 heteroatoms. The number of thiophene rings is 1. The van der Waals surface area contributed by atoms with E-state index in [1.54, 1.807) is 12.1 Å². The van der Waals surface area contributed by atoms with E-state index in [-0.39, 0.29) is 16.8 Å². The molecule has 0 radical (unpaired) electrons. The number of rotatable bonds is 5. The zero-order valence-corrected chi connectivity index (χ0v) is 16.1. The molecule has 1 aliphatic carbocycles. The fraction of sp³-hybridized carbons (Fsp3) is 0.353. The van der Waals surface area contributed by atoms with Gasteiger partial charge in [-0.15, -0.1) is 11.3 Å². The summed E-state index contributed by atoms with van der Waals surface area (Å²) in [7, 11) is -3.53. The van der Waals surface area contributed by atoms with E-state index in [0.29, 0.717) is 15.6 Å².